The molecule has 0 radical (unpaired) electrons. The van der Waals surface area contributed by atoms with Crippen molar-refractivity contribution in [1.82, 2.24) is 0 Å². The summed E-state index contributed by atoms with van der Waals surface area (Å²) in [6, 6.07) is 20.8. The Balaban J connectivity index is 1.28. The fraction of sp³-hybridized carbons (Fsp3) is 0.269. The van der Waals surface area contributed by atoms with Crippen LogP contribution in [-0.4, -0.2) is 17.7 Å². The third-order valence-corrected chi connectivity index (χ3v) is 6.16. The van der Waals surface area contributed by atoms with Gasteiger partial charge in [0.05, 0.1) is 13.0 Å². The highest BCUT2D eigenvalue weighted by molar-refractivity contribution is 5.68. The van der Waals surface area contributed by atoms with Crippen LogP contribution in [0.3, 0.4) is 0 Å². The van der Waals surface area contributed by atoms with E-state index in [2.05, 4.69) is 54.3 Å². The molecule has 0 amide bonds. The van der Waals surface area contributed by atoms with E-state index in [9.17, 15) is 4.79 Å². The van der Waals surface area contributed by atoms with Gasteiger partial charge in [-0.2, -0.15) is 0 Å². The van der Waals surface area contributed by atoms with Gasteiger partial charge in [-0.3, -0.25) is 4.79 Å². The number of carbonyl (C=O) groups is 1. The monoisotopic (exact) mass is 415 g/mol. The minimum Gasteiger partial charge on any atom is -0.492 e. The van der Waals surface area contributed by atoms with Crippen LogP contribution in [0.15, 0.2) is 60.7 Å². The van der Waals surface area contributed by atoms with E-state index in [1.807, 2.05) is 18.2 Å². The fourth-order valence-electron chi connectivity index (χ4n) is 4.45. The molecule has 5 heteroatoms. The first-order chi connectivity index (χ1) is 15.1. The molecule has 0 bridgehead atoms. The van der Waals surface area contributed by atoms with Gasteiger partial charge >= 0.3 is 5.97 Å². The van der Waals surface area contributed by atoms with Gasteiger partial charge in [0.25, 0.3) is 0 Å². The fourth-order valence-corrected chi connectivity index (χ4v) is 4.45. The van der Waals surface area contributed by atoms with E-state index in [1.54, 1.807) is 0 Å². The smallest absolute Gasteiger partial charge is 0.304 e. The molecule has 0 spiro atoms. The third-order valence-electron chi connectivity index (χ3n) is 6.16. The molecule has 2 heterocycles. The molecule has 5 rings (SSSR count). The molecule has 0 aromatic heterocycles. The number of rotatable bonds is 6. The standard InChI is InChI=1S/C26H25NO4/c1-17-5-7-21(8-6-17)27-13-18-3-2-4-19(24(18)14-27)15-30-22-9-10-23-20(11-26(28)29)16-31-25(23)12-22/h2-10,12,20H,11,13-16H2,1H3,(H,28,29). The van der Waals surface area contributed by atoms with E-state index < -0.39 is 5.97 Å². The van der Waals surface area contributed by atoms with Crippen LogP contribution >= 0.6 is 0 Å². The van der Waals surface area contributed by atoms with Crippen LogP contribution in [0, 0.1) is 6.92 Å². The summed E-state index contributed by atoms with van der Waals surface area (Å²) in [6.45, 7) is 4.79. The number of benzene rings is 3. The zero-order valence-electron chi connectivity index (χ0n) is 17.5. The van der Waals surface area contributed by atoms with Gasteiger partial charge in [0.15, 0.2) is 0 Å². The van der Waals surface area contributed by atoms with Crippen molar-refractivity contribution in [2.45, 2.75) is 39.0 Å². The lowest BCUT2D eigenvalue weighted by Crippen LogP contribution is -2.14. The number of anilines is 1. The Hall–Kier alpha value is -3.47. The van der Waals surface area contributed by atoms with Crippen LogP contribution in [0.1, 0.15) is 40.2 Å². The molecule has 0 saturated carbocycles. The molecule has 1 N–H and O–H groups in total. The molecule has 5 nitrogen and oxygen atoms in total. The van der Waals surface area contributed by atoms with Gasteiger partial charge in [-0.15, -0.1) is 0 Å². The Morgan fingerprint density at radius 3 is 2.77 bits per heavy atom. The number of aryl methyl sites for hydroxylation is 1. The summed E-state index contributed by atoms with van der Waals surface area (Å²) in [4.78, 5) is 13.4. The molecule has 2 aliphatic heterocycles. The molecular formula is C26H25NO4. The molecule has 31 heavy (non-hydrogen) atoms. The first kappa shape index (κ1) is 19.5. The second-order valence-corrected chi connectivity index (χ2v) is 8.34. The molecule has 1 atom stereocenters. The van der Waals surface area contributed by atoms with E-state index in [4.69, 9.17) is 14.6 Å². The zero-order chi connectivity index (χ0) is 21.4. The van der Waals surface area contributed by atoms with Crippen LogP contribution < -0.4 is 14.4 Å². The summed E-state index contributed by atoms with van der Waals surface area (Å²) in [5.74, 6) is 0.569. The largest absolute Gasteiger partial charge is 0.492 e. The lowest BCUT2D eigenvalue weighted by atomic mass is 9.98. The molecule has 158 valence electrons. The topological polar surface area (TPSA) is 59.0 Å². The van der Waals surface area contributed by atoms with Crippen LogP contribution in [0.5, 0.6) is 11.5 Å². The average molecular weight is 415 g/mol. The van der Waals surface area contributed by atoms with Gasteiger partial charge in [0, 0.05) is 36.3 Å². The lowest BCUT2D eigenvalue weighted by molar-refractivity contribution is -0.137. The van der Waals surface area contributed by atoms with Gasteiger partial charge in [0.2, 0.25) is 0 Å². The first-order valence-electron chi connectivity index (χ1n) is 10.6. The van der Waals surface area contributed by atoms with Crippen LogP contribution in [0.4, 0.5) is 5.69 Å². The van der Waals surface area contributed by atoms with Gasteiger partial charge in [-0.1, -0.05) is 42.0 Å². The quantitative estimate of drug-likeness (QED) is 0.611. The van der Waals surface area contributed by atoms with Crippen molar-refractivity contribution in [3.8, 4) is 11.5 Å². The molecule has 3 aromatic carbocycles. The Labute approximate surface area is 181 Å². The zero-order valence-corrected chi connectivity index (χ0v) is 17.5. The molecule has 0 fully saturated rings. The summed E-state index contributed by atoms with van der Waals surface area (Å²) >= 11 is 0. The predicted molar refractivity (Wildman–Crippen MR) is 119 cm³/mol. The first-order valence-corrected chi connectivity index (χ1v) is 10.6. The van der Waals surface area contributed by atoms with E-state index in [-0.39, 0.29) is 12.3 Å². The van der Waals surface area contributed by atoms with Crippen molar-refractivity contribution in [3.05, 3.63) is 88.5 Å². The summed E-state index contributed by atoms with van der Waals surface area (Å²) < 4.78 is 11.8. The van der Waals surface area contributed by atoms with Crippen LogP contribution in [-0.2, 0) is 24.5 Å². The maximum absolute atomic E-state index is 11.0. The Kier molecular flexibility index (Phi) is 5.02. The highest BCUT2D eigenvalue weighted by atomic mass is 16.5. The highest BCUT2D eigenvalue weighted by Gasteiger charge is 2.27. The summed E-state index contributed by atoms with van der Waals surface area (Å²) in [5.41, 5.74) is 7.32. The number of nitrogens with zero attached hydrogens (tertiary/aromatic N) is 1. The van der Waals surface area contributed by atoms with Gasteiger partial charge in [-0.25, -0.2) is 0 Å². The number of hydrogen-bond acceptors (Lipinski definition) is 4. The van der Waals surface area contributed by atoms with Crippen LogP contribution in [0.25, 0.3) is 0 Å². The Morgan fingerprint density at radius 2 is 1.97 bits per heavy atom. The number of aliphatic carboxylic acids is 1. The summed E-state index contributed by atoms with van der Waals surface area (Å²) in [7, 11) is 0. The number of carboxylic acids is 1. The van der Waals surface area contributed by atoms with Crippen molar-refractivity contribution in [2.75, 3.05) is 11.5 Å². The third kappa shape index (κ3) is 3.96. The van der Waals surface area contributed by atoms with Gasteiger partial charge in [0.1, 0.15) is 18.1 Å². The lowest BCUT2D eigenvalue weighted by Gasteiger charge is -2.18. The van der Waals surface area contributed by atoms with E-state index in [0.717, 1.165) is 30.2 Å². The van der Waals surface area contributed by atoms with Crippen molar-refractivity contribution in [3.63, 3.8) is 0 Å². The minimum absolute atomic E-state index is 0.0842. The number of hydrogen-bond donors (Lipinski definition) is 1. The maximum Gasteiger partial charge on any atom is 0.304 e. The second-order valence-electron chi connectivity index (χ2n) is 8.34. The van der Waals surface area contributed by atoms with E-state index in [0.29, 0.717) is 13.2 Å². The molecule has 2 aliphatic rings. The van der Waals surface area contributed by atoms with Crippen molar-refractivity contribution in [1.29, 1.82) is 0 Å². The normalized spacial score (nSPS) is 16.5. The highest BCUT2D eigenvalue weighted by Crippen LogP contribution is 2.38. The summed E-state index contributed by atoms with van der Waals surface area (Å²) in [6.07, 6.45) is 0.0842. The number of fused-ring (bicyclic) bond motifs is 2. The predicted octanol–water partition coefficient (Wildman–Crippen LogP) is 5.04. The average Bonchev–Trinajstić information content (AvgIpc) is 3.37. The van der Waals surface area contributed by atoms with E-state index in [1.165, 1.54) is 27.9 Å². The number of carboxylic acid groups (broad SMARTS) is 1. The molecular weight excluding hydrogens is 390 g/mol. The number of ether oxygens (including phenoxy) is 2. The minimum atomic E-state index is -0.806. The SMILES string of the molecule is Cc1ccc(N2Cc3cccc(COc4ccc5c(c4)OCC5CC(=O)O)c3C2)cc1. The Bertz CT molecular complexity index is 1120. The molecule has 0 saturated heterocycles. The molecule has 3 aromatic rings. The maximum atomic E-state index is 11.0. The van der Waals surface area contributed by atoms with Crippen molar-refractivity contribution < 1.29 is 19.4 Å². The summed E-state index contributed by atoms with van der Waals surface area (Å²) in [5, 5.41) is 9.06. The Morgan fingerprint density at radius 1 is 1.13 bits per heavy atom. The van der Waals surface area contributed by atoms with Crippen LogP contribution in [0.2, 0.25) is 0 Å². The molecule has 0 aliphatic carbocycles. The van der Waals surface area contributed by atoms with Crippen molar-refractivity contribution >= 4 is 11.7 Å². The molecule has 1 unspecified atom stereocenters. The van der Waals surface area contributed by atoms with Gasteiger partial charge in [-0.05, 0) is 41.8 Å². The second kappa shape index (κ2) is 7.99. The van der Waals surface area contributed by atoms with Crippen molar-refractivity contribution in [2.24, 2.45) is 0 Å². The van der Waals surface area contributed by atoms with E-state index >= 15 is 0 Å². The van der Waals surface area contributed by atoms with Gasteiger partial charge < -0.3 is 19.5 Å².